The van der Waals surface area contributed by atoms with Gasteiger partial charge in [0.1, 0.15) is 0 Å². The average molecular weight is 289 g/mol. The van der Waals surface area contributed by atoms with Crippen LogP contribution in [-0.4, -0.2) is 25.6 Å². The molecule has 1 unspecified atom stereocenters. The van der Waals surface area contributed by atoms with Crippen molar-refractivity contribution in [1.82, 2.24) is 4.57 Å². The molecule has 6 nitrogen and oxygen atoms in total. The second kappa shape index (κ2) is 6.37. The van der Waals surface area contributed by atoms with Crippen LogP contribution in [0.15, 0.2) is 23.1 Å². The fourth-order valence-corrected chi connectivity index (χ4v) is 3.26. The molecule has 1 rings (SSSR count). The van der Waals surface area contributed by atoms with Gasteiger partial charge in [0.05, 0.1) is 12.2 Å². The third-order valence-electron chi connectivity index (χ3n) is 3.33. The maximum absolute atomic E-state index is 11.9. The van der Waals surface area contributed by atoms with Crippen LogP contribution in [0.25, 0.3) is 0 Å². The zero-order valence-corrected chi connectivity index (χ0v) is 12.0. The van der Waals surface area contributed by atoms with Crippen LogP contribution >= 0.6 is 7.60 Å². The first-order valence-electron chi connectivity index (χ1n) is 6.24. The molecule has 1 aromatic heterocycles. The summed E-state index contributed by atoms with van der Waals surface area (Å²) in [6, 6.07) is 2.14. The fourth-order valence-electron chi connectivity index (χ4n) is 2.30. The summed E-state index contributed by atoms with van der Waals surface area (Å²) >= 11 is 0. The maximum Gasteiger partial charge on any atom is 0.327 e. The van der Waals surface area contributed by atoms with Gasteiger partial charge in [-0.25, -0.2) is 0 Å². The fraction of sp³-hybridized carbons (Fsp3) is 0.583. The SMILES string of the molecule is CCC(CC)C(CP(=O)(O)O)n1cccc(O)c1=O. The van der Waals surface area contributed by atoms with E-state index < -0.39 is 31.1 Å². The Balaban J connectivity index is 3.26. The predicted octanol–water partition coefficient (Wildman–Crippen LogP) is 1.71. The minimum absolute atomic E-state index is 0.0351. The Hall–Kier alpha value is -1.10. The van der Waals surface area contributed by atoms with Gasteiger partial charge in [-0.3, -0.25) is 9.36 Å². The van der Waals surface area contributed by atoms with Gasteiger partial charge in [-0.1, -0.05) is 26.7 Å². The molecule has 0 saturated carbocycles. The number of pyridine rings is 1. The van der Waals surface area contributed by atoms with Crippen molar-refractivity contribution in [3.63, 3.8) is 0 Å². The zero-order chi connectivity index (χ0) is 14.6. The highest BCUT2D eigenvalue weighted by atomic mass is 31.2. The van der Waals surface area contributed by atoms with Gasteiger partial charge in [-0.15, -0.1) is 0 Å². The van der Waals surface area contributed by atoms with Crippen molar-refractivity contribution in [2.45, 2.75) is 32.7 Å². The van der Waals surface area contributed by atoms with E-state index >= 15 is 0 Å². The van der Waals surface area contributed by atoms with Crippen molar-refractivity contribution >= 4 is 7.60 Å². The van der Waals surface area contributed by atoms with Crippen molar-refractivity contribution in [2.75, 3.05) is 6.16 Å². The van der Waals surface area contributed by atoms with Crippen molar-refractivity contribution in [3.8, 4) is 5.75 Å². The lowest BCUT2D eigenvalue weighted by molar-refractivity contribution is 0.296. The summed E-state index contributed by atoms with van der Waals surface area (Å²) in [5, 5.41) is 9.45. The van der Waals surface area contributed by atoms with Gasteiger partial charge >= 0.3 is 7.60 Å². The Morgan fingerprint density at radius 1 is 1.32 bits per heavy atom. The first kappa shape index (κ1) is 16.0. The number of rotatable bonds is 6. The summed E-state index contributed by atoms with van der Waals surface area (Å²) in [6.45, 7) is 3.82. The topological polar surface area (TPSA) is 99.8 Å². The quantitative estimate of drug-likeness (QED) is 0.692. The Kier molecular flexibility index (Phi) is 5.35. The van der Waals surface area contributed by atoms with Crippen LogP contribution in [-0.2, 0) is 4.57 Å². The lowest BCUT2D eigenvalue weighted by Gasteiger charge is -2.27. The highest BCUT2D eigenvalue weighted by Crippen LogP contribution is 2.41. The zero-order valence-electron chi connectivity index (χ0n) is 11.1. The van der Waals surface area contributed by atoms with E-state index in [4.69, 9.17) is 0 Å². The molecule has 0 saturated heterocycles. The van der Waals surface area contributed by atoms with E-state index in [1.54, 1.807) is 0 Å². The van der Waals surface area contributed by atoms with Crippen molar-refractivity contribution in [1.29, 1.82) is 0 Å². The predicted molar refractivity (Wildman–Crippen MR) is 72.4 cm³/mol. The molecule has 7 heteroatoms. The summed E-state index contributed by atoms with van der Waals surface area (Å²) in [4.78, 5) is 30.3. The Morgan fingerprint density at radius 3 is 2.37 bits per heavy atom. The maximum atomic E-state index is 11.9. The van der Waals surface area contributed by atoms with Gasteiger partial charge in [0.15, 0.2) is 5.75 Å². The molecule has 1 aromatic rings. The van der Waals surface area contributed by atoms with Gasteiger partial charge in [-0.05, 0) is 18.1 Å². The third-order valence-corrected chi connectivity index (χ3v) is 4.18. The Bertz CT molecular complexity index is 517. The van der Waals surface area contributed by atoms with Gasteiger partial charge < -0.3 is 19.5 Å². The Morgan fingerprint density at radius 2 is 1.89 bits per heavy atom. The van der Waals surface area contributed by atoms with E-state index in [1.807, 2.05) is 13.8 Å². The van der Waals surface area contributed by atoms with Crippen LogP contribution in [0.2, 0.25) is 0 Å². The molecule has 19 heavy (non-hydrogen) atoms. The molecule has 0 aliphatic carbocycles. The normalized spacial score (nSPS) is 13.7. The second-order valence-electron chi connectivity index (χ2n) is 4.60. The molecule has 1 heterocycles. The van der Waals surface area contributed by atoms with Gasteiger partial charge in [0.2, 0.25) is 0 Å². The van der Waals surface area contributed by atoms with Crippen LogP contribution < -0.4 is 5.56 Å². The van der Waals surface area contributed by atoms with Crippen LogP contribution in [0.3, 0.4) is 0 Å². The summed E-state index contributed by atoms with van der Waals surface area (Å²) in [5.41, 5.74) is -0.618. The number of aromatic nitrogens is 1. The standard InChI is InChI=1S/C12H20NO5P/c1-3-9(4-2)10(8-19(16,17)18)13-7-5-6-11(14)12(13)15/h5-7,9-10,14H,3-4,8H2,1-2H3,(H2,16,17,18). The first-order valence-corrected chi connectivity index (χ1v) is 8.04. The number of hydrogen-bond donors (Lipinski definition) is 3. The van der Waals surface area contributed by atoms with Crippen molar-refractivity contribution in [3.05, 3.63) is 28.7 Å². The van der Waals surface area contributed by atoms with E-state index in [0.29, 0.717) is 12.8 Å². The molecule has 0 spiro atoms. The van der Waals surface area contributed by atoms with Crippen LogP contribution in [0.1, 0.15) is 32.7 Å². The summed E-state index contributed by atoms with van der Waals surface area (Å²) < 4.78 is 12.5. The molecule has 0 fully saturated rings. The molecule has 3 N–H and O–H groups in total. The minimum atomic E-state index is -4.24. The molecule has 1 atom stereocenters. The molecule has 0 aliphatic heterocycles. The first-order chi connectivity index (χ1) is 8.80. The minimum Gasteiger partial charge on any atom is -0.503 e. The van der Waals surface area contributed by atoms with E-state index in [9.17, 15) is 24.3 Å². The van der Waals surface area contributed by atoms with Crippen LogP contribution in [0, 0.1) is 5.92 Å². The highest BCUT2D eigenvalue weighted by molar-refractivity contribution is 7.51. The molecular weight excluding hydrogens is 269 g/mol. The molecule has 108 valence electrons. The van der Waals surface area contributed by atoms with Gasteiger partial charge in [0.25, 0.3) is 5.56 Å². The Labute approximate surface area is 111 Å². The lowest BCUT2D eigenvalue weighted by atomic mass is 9.95. The lowest BCUT2D eigenvalue weighted by Crippen LogP contribution is -2.31. The molecule has 0 aliphatic rings. The van der Waals surface area contributed by atoms with Gasteiger partial charge in [-0.2, -0.15) is 0 Å². The molecule has 0 radical (unpaired) electrons. The number of aromatic hydroxyl groups is 1. The molecule has 0 aromatic carbocycles. The van der Waals surface area contributed by atoms with E-state index in [-0.39, 0.29) is 5.92 Å². The van der Waals surface area contributed by atoms with Crippen LogP contribution in [0.4, 0.5) is 0 Å². The van der Waals surface area contributed by atoms with Crippen LogP contribution in [0.5, 0.6) is 5.75 Å². The highest BCUT2D eigenvalue weighted by Gasteiger charge is 2.29. The second-order valence-corrected chi connectivity index (χ2v) is 6.29. The molecule has 0 bridgehead atoms. The van der Waals surface area contributed by atoms with E-state index in [0.717, 1.165) is 0 Å². The average Bonchev–Trinajstić information content (AvgIpc) is 2.31. The van der Waals surface area contributed by atoms with E-state index in [1.165, 1.54) is 22.9 Å². The van der Waals surface area contributed by atoms with Gasteiger partial charge in [0, 0.05) is 6.20 Å². The largest absolute Gasteiger partial charge is 0.503 e. The smallest absolute Gasteiger partial charge is 0.327 e. The number of nitrogens with zero attached hydrogens (tertiary/aromatic N) is 1. The van der Waals surface area contributed by atoms with Crippen molar-refractivity contribution < 1.29 is 19.5 Å². The monoisotopic (exact) mass is 289 g/mol. The summed E-state index contributed by atoms with van der Waals surface area (Å²) in [5.74, 6) is -0.448. The summed E-state index contributed by atoms with van der Waals surface area (Å²) in [6.07, 6.45) is 2.45. The number of hydrogen-bond acceptors (Lipinski definition) is 3. The summed E-state index contributed by atoms with van der Waals surface area (Å²) in [7, 11) is -4.24. The third kappa shape index (κ3) is 4.20. The molecular formula is C12H20NO5P. The van der Waals surface area contributed by atoms with E-state index in [2.05, 4.69) is 0 Å². The molecule has 0 amide bonds. The van der Waals surface area contributed by atoms with Crippen molar-refractivity contribution in [2.24, 2.45) is 5.92 Å².